The van der Waals surface area contributed by atoms with Crippen molar-refractivity contribution in [2.24, 2.45) is 23.7 Å². The van der Waals surface area contributed by atoms with Gasteiger partial charge in [0.15, 0.2) is 0 Å². The zero-order valence-corrected chi connectivity index (χ0v) is 18.7. The van der Waals surface area contributed by atoms with Crippen molar-refractivity contribution in [2.75, 3.05) is 6.54 Å². The van der Waals surface area contributed by atoms with Gasteiger partial charge in [-0.25, -0.2) is 0 Å². The van der Waals surface area contributed by atoms with Crippen LogP contribution in [0.4, 0.5) is 0 Å². The number of aliphatic hydroxyl groups is 1. The van der Waals surface area contributed by atoms with Crippen molar-refractivity contribution >= 4 is 11.9 Å². The molecule has 1 fully saturated rings. The standard InChI is InChI=1S/C23H39NO4/c1-8-22(26)24(14(2)3)13-16(5)19-10-9-17(6)23(27)12-21(28-18(7)25)15(4)11-20(19)23/h11,14,16-17,19-21,27H,8-10,12-13H2,1-7H3/t16-,17-,19+,20-,21-,23-/m1/s1. The molecule has 0 aromatic carbocycles. The summed E-state index contributed by atoms with van der Waals surface area (Å²) in [6.45, 7) is 14.5. The van der Waals surface area contributed by atoms with Crippen LogP contribution in [-0.4, -0.2) is 46.2 Å². The number of ether oxygens (including phenoxy) is 1. The quantitative estimate of drug-likeness (QED) is 0.548. The highest BCUT2D eigenvalue weighted by Gasteiger charge is 2.52. The molecule has 2 rings (SSSR count). The van der Waals surface area contributed by atoms with Gasteiger partial charge in [0.1, 0.15) is 6.10 Å². The molecule has 0 saturated heterocycles. The van der Waals surface area contributed by atoms with Gasteiger partial charge in [0.25, 0.3) is 0 Å². The van der Waals surface area contributed by atoms with Crippen molar-refractivity contribution in [2.45, 2.75) is 91.9 Å². The highest BCUT2D eigenvalue weighted by molar-refractivity contribution is 5.76. The highest BCUT2D eigenvalue weighted by atomic mass is 16.5. The van der Waals surface area contributed by atoms with Crippen LogP contribution in [0.5, 0.6) is 0 Å². The van der Waals surface area contributed by atoms with Gasteiger partial charge in [0, 0.05) is 38.3 Å². The molecule has 28 heavy (non-hydrogen) atoms. The predicted molar refractivity (Wildman–Crippen MR) is 111 cm³/mol. The molecule has 0 heterocycles. The summed E-state index contributed by atoms with van der Waals surface area (Å²) < 4.78 is 5.48. The van der Waals surface area contributed by atoms with Crippen LogP contribution >= 0.6 is 0 Å². The van der Waals surface area contributed by atoms with Crippen molar-refractivity contribution in [3.63, 3.8) is 0 Å². The van der Waals surface area contributed by atoms with Crippen molar-refractivity contribution in [3.05, 3.63) is 11.6 Å². The summed E-state index contributed by atoms with van der Waals surface area (Å²) >= 11 is 0. The summed E-state index contributed by atoms with van der Waals surface area (Å²) in [7, 11) is 0. The van der Waals surface area contributed by atoms with Crippen molar-refractivity contribution in [1.82, 2.24) is 4.90 Å². The molecule has 1 saturated carbocycles. The van der Waals surface area contributed by atoms with Gasteiger partial charge in [-0.05, 0) is 56.9 Å². The summed E-state index contributed by atoms with van der Waals surface area (Å²) in [4.78, 5) is 25.8. The van der Waals surface area contributed by atoms with Crippen LogP contribution in [-0.2, 0) is 14.3 Å². The number of amides is 1. The lowest BCUT2D eigenvalue weighted by atomic mass is 9.57. The van der Waals surface area contributed by atoms with Gasteiger partial charge >= 0.3 is 5.97 Å². The molecule has 0 aromatic rings. The monoisotopic (exact) mass is 393 g/mol. The third-order valence-corrected chi connectivity index (χ3v) is 7.06. The lowest BCUT2D eigenvalue weighted by molar-refractivity contribution is -0.159. The molecule has 2 aliphatic carbocycles. The molecular formula is C23H39NO4. The van der Waals surface area contributed by atoms with E-state index in [1.165, 1.54) is 6.92 Å². The average molecular weight is 394 g/mol. The smallest absolute Gasteiger partial charge is 0.303 e. The molecule has 1 amide bonds. The molecular weight excluding hydrogens is 354 g/mol. The molecule has 160 valence electrons. The van der Waals surface area contributed by atoms with E-state index < -0.39 is 5.60 Å². The molecule has 0 aromatic heterocycles. The molecule has 0 spiro atoms. The Morgan fingerprint density at radius 1 is 1.32 bits per heavy atom. The maximum absolute atomic E-state index is 12.4. The van der Waals surface area contributed by atoms with Crippen LogP contribution < -0.4 is 0 Å². The SMILES string of the molecule is CCC(=O)N(C[C@@H](C)[C@@H]1CC[C@@H](C)[C@]2(O)C[C@@H](OC(C)=O)C(C)=C[C@H]12)C(C)C. The number of hydrogen-bond donors (Lipinski definition) is 1. The van der Waals surface area contributed by atoms with Gasteiger partial charge in [0.2, 0.25) is 5.91 Å². The summed E-state index contributed by atoms with van der Waals surface area (Å²) in [5, 5.41) is 11.7. The summed E-state index contributed by atoms with van der Waals surface area (Å²) in [5.74, 6) is 0.660. The van der Waals surface area contributed by atoms with Crippen molar-refractivity contribution in [3.8, 4) is 0 Å². The van der Waals surface area contributed by atoms with Gasteiger partial charge in [0.05, 0.1) is 5.60 Å². The molecule has 0 radical (unpaired) electrons. The fourth-order valence-electron chi connectivity index (χ4n) is 5.25. The topological polar surface area (TPSA) is 66.8 Å². The first-order chi connectivity index (χ1) is 13.0. The lowest BCUT2D eigenvalue weighted by Crippen LogP contribution is -2.56. The fourth-order valence-corrected chi connectivity index (χ4v) is 5.25. The van der Waals surface area contributed by atoms with Crippen LogP contribution in [0.1, 0.15) is 74.1 Å². The van der Waals surface area contributed by atoms with E-state index in [4.69, 9.17) is 4.74 Å². The molecule has 5 nitrogen and oxygen atoms in total. The van der Waals surface area contributed by atoms with E-state index in [1.54, 1.807) is 0 Å². The number of esters is 1. The van der Waals surface area contributed by atoms with Crippen molar-refractivity contribution in [1.29, 1.82) is 0 Å². The Hall–Kier alpha value is -1.36. The van der Waals surface area contributed by atoms with Crippen molar-refractivity contribution < 1.29 is 19.4 Å². The maximum Gasteiger partial charge on any atom is 0.303 e. The second-order valence-electron chi connectivity index (χ2n) is 9.34. The van der Waals surface area contributed by atoms with E-state index in [2.05, 4.69) is 33.8 Å². The molecule has 0 aliphatic heterocycles. The van der Waals surface area contributed by atoms with Crippen LogP contribution in [0.15, 0.2) is 11.6 Å². The lowest BCUT2D eigenvalue weighted by Gasteiger charge is -2.53. The predicted octanol–water partition coefficient (Wildman–Crippen LogP) is 3.94. The minimum absolute atomic E-state index is 0.0313. The first kappa shape index (κ1) is 22.9. The normalized spacial score (nSPS) is 33.7. The summed E-state index contributed by atoms with van der Waals surface area (Å²) in [6.07, 6.45) is 4.78. The Kier molecular flexibility index (Phi) is 7.35. The third-order valence-electron chi connectivity index (χ3n) is 7.06. The number of carbonyl (C=O) groups is 2. The molecule has 5 heteroatoms. The Bertz CT molecular complexity index is 614. The zero-order valence-electron chi connectivity index (χ0n) is 18.7. The largest absolute Gasteiger partial charge is 0.458 e. The number of nitrogens with zero attached hydrogens (tertiary/aromatic N) is 1. The summed E-state index contributed by atoms with van der Waals surface area (Å²) in [5.41, 5.74) is 0.162. The number of rotatable bonds is 6. The summed E-state index contributed by atoms with van der Waals surface area (Å²) in [6, 6.07) is 0.174. The zero-order chi connectivity index (χ0) is 21.2. The molecule has 2 aliphatic rings. The van der Waals surface area contributed by atoms with Gasteiger partial charge in [-0.2, -0.15) is 0 Å². The number of hydrogen-bond acceptors (Lipinski definition) is 4. The Morgan fingerprint density at radius 2 is 1.96 bits per heavy atom. The Morgan fingerprint density at radius 3 is 2.50 bits per heavy atom. The molecule has 0 unspecified atom stereocenters. The van der Waals surface area contributed by atoms with Gasteiger partial charge in [-0.3, -0.25) is 9.59 Å². The number of carbonyl (C=O) groups excluding carboxylic acids is 2. The fraction of sp³-hybridized carbons (Fsp3) is 0.826. The first-order valence-corrected chi connectivity index (χ1v) is 10.9. The third kappa shape index (κ3) is 4.61. The van der Waals surface area contributed by atoms with Crippen LogP contribution in [0.2, 0.25) is 0 Å². The molecule has 6 atom stereocenters. The van der Waals surface area contributed by atoms with Gasteiger partial charge < -0.3 is 14.7 Å². The van der Waals surface area contributed by atoms with E-state index in [0.717, 1.165) is 25.0 Å². The van der Waals surface area contributed by atoms with Gasteiger partial charge in [-0.1, -0.05) is 26.8 Å². The molecule has 0 bridgehead atoms. The van der Waals surface area contributed by atoms with Crippen LogP contribution in [0, 0.1) is 23.7 Å². The van der Waals surface area contributed by atoms with Crippen LogP contribution in [0.3, 0.4) is 0 Å². The first-order valence-electron chi connectivity index (χ1n) is 10.9. The maximum atomic E-state index is 12.4. The average Bonchev–Trinajstić information content (AvgIpc) is 2.61. The van der Waals surface area contributed by atoms with E-state index >= 15 is 0 Å². The highest BCUT2D eigenvalue weighted by Crippen LogP contribution is 2.51. The molecule has 1 N–H and O–H groups in total. The number of fused-ring (bicyclic) bond motifs is 1. The van der Waals surface area contributed by atoms with E-state index in [1.807, 2.05) is 18.7 Å². The minimum Gasteiger partial charge on any atom is -0.458 e. The van der Waals surface area contributed by atoms with Crippen LogP contribution in [0.25, 0.3) is 0 Å². The van der Waals surface area contributed by atoms with E-state index in [-0.39, 0.29) is 41.8 Å². The Labute approximate surface area is 170 Å². The second kappa shape index (κ2) is 8.98. The second-order valence-corrected chi connectivity index (χ2v) is 9.34. The van der Waals surface area contributed by atoms with Gasteiger partial charge in [-0.15, -0.1) is 0 Å². The van der Waals surface area contributed by atoms with E-state index in [9.17, 15) is 14.7 Å². The van der Waals surface area contributed by atoms with E-state index in [0.29, 0.717) is 18.8 Å². The Balaban J connectivity index is 2.27. The minimum atomic E-state index is -0.867.